The van der Waals surface area contributed by atoms with E-state index in [9.17, 15) is 14.4 Å². The van der Waals surface area contributed by atoms with Gasteiger partial charge in [0.15, 0.2) is 0 Å². The van der Waals surface area contributed by atoms with Gasteiger partial charge in [0, 0.05) is 19.4 Å². The minimum absolute atomic E-state index is 0.178. The van der Waals surface area contributed by atoms with Crippen molar-refractivity contribution in [3.05, 3.63) is 24.2 Å². The fraction of sp³-hybridized carbons (Fsp3) is 0.417. The standard InChI is InChI=1S/C12H14N2O4/c15-10(7-14-11(16)1-2-12(14)17)13-5-3-9-4-6-18-8-9/h4,6,8H,1-3,5,7H2,(H,13,15). The van der Waals surface area contributed by atoms with Crippen molar-refractivity contribution in [3.8, 4) is 0 Å². The van der Waals surface area contributed by atoms with E-state index in [1.165, 1.54) is 0 Å². The molecular weight excluding hydrogens is 236 g/mol. The minimum Gasteiger partial charge on any atom is -0.472 e. The second kappa shape index (κ2) is 5.48. The Hall–Kier alpha value is -2.11. The van der Waals surface area contributed by atoms with Gasteiger partial charge in [-0.3, -0.25) is 19.3 Å². The summed E-state index contributed by atoms with van der Waals surface area (Å²) in [6.07, 6.45) is 4.25. The average molecular weight is 250 g/mol. The van der Waals surface area contributed by atoms with Crippen molar-refractivity contribution in [2.75, 3.05) is 13.1 Å². The molecule has 18 heavy (non-hydrogen) atoms. The van der Waals surface area contributed by atoms with Crippen LogP contribution in [0.3, 0.4) is 0 Å². The highest BCUT2D eigenvalue weighted by Crippen LogP contribution is 2.10. The number of amides is 3. The molecule has 1 aromatic heterocycles. The zero-order valence-electron chi connectivity index (χ0n) is 9.85. The Bertz CT molecular complexity index is 437. The molecule has 1 N–H and O–H groups in total. The number of rotatable bonds is 5. The summed E-state index contributed by atoms with van der Waals surface area (Å²) in [6.45, 7) is 0.275. The summed E-state index contributed by atoms with van der Waals surface area (Å²) in [5, 5.41) is 2.66. The number of hydrogen-bond acceptors (Lipinski definition) is 4. The molecule has 0 spiro atoms. The van der Waals surface area contributed by atoms with Crippen LogP contribution in [0.4, 0.5) is 0 Å². The highest BCUT2D eigenvalue weighted by atomic mass is 16.3. The van der Waals surface area contributed by atoms with Crippen LogP contribution in [-0.2, 0) is 20.8 Å². The molecule has 0 saturated carbocycles. The maximum Gasteiger partial charge on any atom is 0.240 e. The Morgan fingerprint density at radius 3 is 2.67 bits per heavy atom. The van der Waals surface area contributed by atoms with Gasteiger partial charge in [0.25, 0.3) is 0 Å². The molecule has 0 bridgehead atoms. The maximum absolute atomic E-state index is 11.5. The topological polar surface area (TPSA) is 79.6 Å². The molecule has 0 atom stereocenters. The quantitative estimate of drug-likeness (QED) is 0.751. The SMILES string of the molecule is O=C(CN1C(=O)CCC1=O)NCCc1ccoc1. The molecule has 96 valence electrons. The number of carbonyl (C=O) groups is 3. The van der Waals surface area contributed by atoms with Crippen LogP contribution in [0.5, 0.6) is 0 Å². The lowest BCUT2D eigenvalue weighted by Crippen LogP contribution is -2.40. The van der Waals surface area contributed by atoms with E-state index in [1.54, 1.807) is 12.5 Å². The highest BCUT2D eigenvalue weighted by molar-refractivity contribution is 6.04. The molecule has 1 aromatic rings. The Balaban J connectivity index is 1.72. The first-order valence-electron chi connectivity index (χ1n) is 5.78. The second-order valence-electron chi connectivity index (χ2n) is 4.11. The monoisotopic (exact) mass is 250 g/mol. The van der Waals surface area contributed by atoms with E-state index in [4.69, 9.17) is 4.42 Å². The first kappa shape index (κ1) is 12.3. The van der Waals surface area contributed by atoms with Gasteiger partial charge in [-0.1, -0.05) is 0 Å². The van der Waals surface area contributed by atoms with E-state index in [1.807, 2.05) is 6.07 Å². The summed E-state index contributed by atoms with van der Waals surface area (Å²) >= 11 is 0. The number of nitrogens with one attached hydrogen (secondary N) is 1. The first-order chi connectivity index (χ1) is 8.66. The van der Waals surface area contributed by atoms with Crippen LogP contribution in [-0.4, -0.2) is 35.7 Å². The third kappa shape index (κ3) is 2.97. The fourth-order valence-corrected chi connectivity index (χ4v) is 1.78. The highest BCUT2D eigenvalue weighted by Gasteiger charge is 2.30. The molecule has 0 aromatic carbocycles. The van der Waals surface area contributed by atoms with Gasteiger partial charge < -0.3 is 9.73 Å². The second-order valence-corrected chi connectivity index (χ2v) is 4.11. The normalized spacial score (nSPS) is 15.2. The Kier molecular flexibility index (Phi) is 3.76. The summed E-state index contributed by atoms with van der Waals surface area (Å²) in [7, 11) is 0. The lowest BCUT2D eigenvalue weighted by atomic mass is 10.2. The van der Waals surface area contributed by atoms with Crippen LogP contribution in [0.2, 0.25) is 0 Å². The Labute approximate surface area is 104 Å². The van der Waals surface area contributed by atoms with Gasteiger partial charge >= 0.3 is 0 Å². The van der Waals surface area contributed by atoms with Gasteiger partial charge in [-0.15, -0.1) is 0 Å². The molecular formula is C12H14N2O4. The van der Waals surface area contributed by atoms with Gasteiger partial charge in [-0.25, -0.2) is 0 Å². The van der Waals surface area contributed by atoms with Crippen LogP contribution >= 0.6 is 0 Å². The van der Waals surface area contributed by atoms with Gasteiger partial charge in [0.1, 0.15) is 6.54 Å². The zero-order valence-corrected chi connectivity index (χ0v) is 9.85. The maximum atomic E-state index is 11.5. The smallest absolute Gasteiger partial charge is 0.240 e. The van der Waals surface area contributed by atoms with E-state index >= 15 is 0 Å². The van der Waals surface area contributed by atoms with Crippen molar-refractivity contribution in [2.45, 2.75) is 19.3 Å². The molecule has 2 rings (SSSR count). The predicted molar refractivity (Wildman–Crippen MR) is 61.4 cm³/mol. The van der Waals surface area contributed by atoms with Gasteiger partial charge in [0.2, 0.25) is 17.7 Å². The average Bonchev–Trinajstić information content (AvgIpc) is 2.94. The summed E-state index contributed by atoms with van der Waals surface area (Å²) in [6, 6.07) is 1.82. The Morgan fingerprint density at radius 2 is 2.06 bits per heavy atom. The predicted octanol–water partition coefficient (Wildman–Crippen LogP) is 0.0873. The number of likely N-dealkylation sites (tertiary alicyclic amines) is 1. The number of carbonyl (C=O) groups excluding carboxylic acids is 3. The molecule has 0 radical (unpaired) electrons. The Morgan fingerprint density at radius 1 is 1.33 bits per heavy atom. The van der Waals surface area contributed by atoms with Gasteiger partial charge in [0.05, 0.1) is 12.5 Å². The van der Waals surface area contributed by atoms with Crippen molar-refractivity contribution >= 4 is 17.7 Å². The number of imide groups is 1. The summed E-state index contributed by atoms with van der Waals surface area (Å²) < 4.78 is 4.90. The molecule has 0 unspecified atom stereocenters. The molecule has 2 heterocycles. The molecule has 0 aliphatic carbocycles. The van der Waals surface area contributed by atoms with E-state index < -0.39 is 0 Å². The van der Waals surface area contributed by atoms with Crippen molar-refractivity contribution in [2.24, 2.45) is 0 Å². The summed E-state index contributed by atoms with van der Waals surface area (Å²) in [5.41, 5.74) is 0.989. The van der Waals surface area contributed by atoms with E-state index in [-0.39, 0.29) is 37.1 Å². The zero-order chi connectivity index (χ0) is 13.0. The van der Waals surface area contributed by atoms with Crippen LogP contribution < -0.4 is 5.32 Å². The molecule has 1 aliphatic rings. The fourth-order valence-electron chi connectivity index (χ4n) is 1.78. The van der Waals surface area contributed by atoms with Crippen LogP contribution in [0.1, 0.15) is 18.4 Å². The lowest BCUT2D eigenvalue weighted by Gasteiger charge is -2.13. The lowest BCUT2D eigenvalue weighted by molar-refractivity contribution is -0.142. The molecule has 1 saturated heterocycles. The third-order valence-corrected chi connectivity index (χ3v) is 2.77. The number of nitrogens with zero attached hydrogens (tertiary/aromatic N) is 1. The molecule has 1 fully saturated rings. The summed E-state index contributed by atoms with van der Waals surface area (Å²) in [5.74, 6) is -0.864. The molecule has 6 heteroatoms. The van der Waals surface area contributed by atoms with Crippen LogP contribution in [0.15, 0.2) is 23.0 Å². The van der Waals surface area contributed by atoms with E-state index in [0.29, 0.717) is 13.0 Å². The van der Waals surface area contributed by atoms with E-state index in [0.717, 1.165) is 10.5 Å². The third-order valence-electron chi connectivity index (χ3n) is 2.77. The van der Waals surface area contributed by atoms with Crippen LogP contribution in [0.25, 0.3) is 0 Å². The van der Waals surface area contributed by atoms with Crippen molar-refractivity contribution < 1.29 is 18.8 Å². The van der Waals surface area contributed by atoms with Crippen molar-refractivity contribution in [3.63, 3.8) is 0 Å². The number of hydrogen-bond donors (Lipinski definition) is 1. The van der Waals surface area contributed by atoms with Gasteiger partial charge in [-0.2, -0.15) is 0 Å². The van der Waals surface area contributed by atoms with E-state index in [2.05, 4.69) is 5.32 Å². The van der Waals surface area contributed by atoms with Crippen molar-refractivity contribution in [1.82, 2.24) is 10.2 Å². The minimum atomic E-state index is -0.318. The summed E-state index contributed by atoms with van der Waals surface area (Å²) in [4.78, 5) is 35.1. The first-order valence-corrected chi connectivity index (χ1v) is 5.78. The van der Waals surface area contributed by atoms with Gasteiger partial charge in [-0.05, 0) is 18.1 Å². The molecule has 3 amide bonds. The van der Waals surface area contributed by atoms with Crippen molar-refractivity contribution in [1.29, 1.82) is 0 Å². The van der Waals surface area contributed by atoms with Crippen LogP contribution in [0, 0.1) is 0 Å². The molecule has 6 nitrogen and oxygen atoms in total. The number of furan rings is 1. The largest absolute Gasteiger partial charge is 0.472 e. The molecule has 1 aliphatic heterocycles.